The van der Waals surface area contributed by atoms with Gasteiger partial charge in [0.05, 0.1) is 11.1 Å². The molecule has 3 aromatic rings. The summed E-state index contributed by atoms with van der Waals surface area (Å²) < 4.78 is 28.1. The first-order chi connectivity index (χ1) is 11.9. The van der Waals surface area contributed by atoms with Crippen LogP contribution in [0.5, 0.6) is 0 Å². The highest BCUT2D eigenvalue weighted by atomic mass is 19.1. The van der Waals surface area contributed by atoms with Crippen molar-refractivity contribution in [3.63, 3.8) is 0 Å². The summed E-state index contributed by atoms with van der Waals surface area (Å²) in [5, 5.41) is 3.11. The minimum absolute atomic E-state index is 0.0894. The number of halogens is 2. The van der Waals surface area contributed by atoms with Gasteiger partial charge in [-0.05, 0) is 19.0 Å². The summed E-state index contributed by atoms with van der Waals surface area (Å²) in [6, 6.07) is 2.42. The minimum Gasteiger partial charge on any atom is -0.366 e. The van der Waals surface area contributed by atoms with Crippen molar-refractivity contribution in [2.45, 2.75) is 18.8 Å². The van der Waals surface area contributed by atoms with E-state index in [4.69, 9.17) is 5.73 Å². The number of alkyl halides is 1. The molecule has 1 aliphatic heterocycles. The van der Waals surface area contributed by atoms with Gasteiger partial charge in [0.25, 0.3) is 5.91 Å². The van der Waals surface area contributed by atoms with Crippen LogP contribution in [0.3, 0.4) is 0 Å². The van der Waals surface area contributed by atoms with E-state index in [9.17, 15) is 13.6 Å². The first-order valence-corrected chi connectivity index (χ1v) is 8.20. The summed E-state index contributed by atoms with van der Waals surface area (Å²) in [5.41, 5.74) is 7.77. The molecule has 2 aromatic heterocycles. The molecule has 0 aliphatic carbocycles. The second-order valence-electron chi connectivity index (χ2n) is 6.92. The van der Waals surface area contributed by atoms with Gasteiger partial charge in [0.1, 0.15) is 18.0 Å². The topological polar surface area (TPSA) is 79.4 Å². The van der Waals surface area contributed by atoms with Crippen LogP contribution in [0.4, 0.5) is 8.78 Å². The number of carbonyl (C=O) groups excluding carboxylic acids is 1. The molecule has 3 heterocycles. The quantitative estimate of drug-likeness (QED) is 0.757. The summed E-state index contributed by atoms with van der Waals surface area (Å²) >= 11 is 0. The highest BCUT2D eigenvalue weighted by Gasteiger charge is 2.38. The zero-order valence-corrected chi connectivity index (χ0v) is 13.9. The number of nitrogens with one attached hydrogen (secondary N) is 1. The van der Waals surface area contributed by atoms with Gasteiger partial charge in [-0.2, -0.15) is 0 Å². The first kappa shape index (κ1) is 16.0. The number of amides is 1. The van der Waals surface area contributed by atoms with Crippen molar-refractivity contribution in [3.8, 4) is 0 Å². The normalized spacial score (nSPS) is 21.6. The van der Waals surface area contributed by atoms with Crippen LogP contribution in [0.1, 0.15) is 29.3 Å². The maximum absolute atomic E-state index is 13.8. The largest absolute Gasteiger partial charge is 0.366 e. The Labute approximate surface area is 142 Å². The molecule has 25 heavy (non-hydrogen) atoms. The monoisotopic (exact) mass is 347 g/mol. The lowest BCUT2D eigenvalue weighted by Gasteiger charge is -2.23. The average molecular weight is 347 g/mol. The van der Waals surface area contributed by atoms with Crippen LogP contribution in [0, 0.1) is 5.82 Å². The van der Waals surface area contributed by atoms with Crippen molar-refractivity contribution in [3.05, 3.63) is 35.3 Å². The molecule has 0 saturated carbocycles. The summed E-state index contributed by atoms with van der Waals surface area (Å²) in [4.78, 5) is 18.3. The number of likely N-dealkylation sites (tertiary alicyclic amines) is 1. The van der Waals surface area contributed by atoms with Crippen molar-refractivity contribution in [1.29, 1.82) is 0 Å². The molecular formula is C17H19F2N5O. The van der Waals surface area contributed by atoms with Gasteiger partial charge in [0.15, 0.2) is 5.65 Å². The van der Waals surface area contributed by atoms with Gasteiger partial charge in [-0.3, -0.25) is 14.8 Å². The Bertz CT molecular complexity index is 978. The molecule has 1 amide bonds. The number of primary amides is 1. The SMILES string of the molecule is CC1(c2c[nH]n3c2nc2cc(F)cc(C(N)=O)c23)CCN(CCF)C1. The predicted molar refractivity (Wildman–Crippen MR) is 89.9 cm³/mol. The number of nitrogens with zero attached hydrogens (tertiary/aromatic N) is 3. The third kappa shape index (κ3) is 2.39. The van der Waals surface area contributed by atoms with E-state index in [1.165, 1.54) is 6.07 Å². The number of rotatable bonds is 4. The Kier molecular flexibility index (Phi) is 3.54. The fraction of sp³-hybridized carbons (Fsp3) is 0.412. The smallest absolute Gasteiger partial charge is 0.251 e. The predicted octanol–water partition coefficient (Wildman–Crippen LogP) is 1.99. The second-order valence-corrected chi connectivity index (χ2v) is 6.92. The first-order valence-electron chi connectivity index (χ1n) is 8.20. The molecule has 8 heteroatoms. The van der Waals surface area contributed by atoms with Gasteiger partial charge >= 0.3 is 0 Å². The van der Waals surface area contributed by atoms with Crippen LogP contribution in [0.15, 0.2) is 18.3 Å². The fourth-order valence-corrected chi connectivity index (χ4v) is 3.89. The number of carbonyl (C=O) groups is 1. The Morgan fingerprint density at radius 2 is 2.28 bits per heavy atom. The van der Waals surface area contributed by atoms with Crippen molar-refractivity contribution in [2.75, 3.05) is 26.3 Å². The minimum atomic E-state index is -0.705. The van der Waals surface area contributed by atoms with Gasteiger partial charge in [-0.1, -0.05) is 6.92 Å². The van der Waals surface area contributed by atoms with Crippen LogP contribution in [-0.4, -0.2) is 51.7 Å². The molecule has 1 fully saturated rings. The zero-order valence-electron chi connectivity index (χ0n) is 13.9. The third-order valence-corrected chi connectivity index (χ3v) is 5.16. The molecule has 1 unspecified atom stereocenters. The Hall–Kier alpha value is -2.48. The molecular weight excluding hydrogens is 328 g/mol. The standard InChI is InChI=1S/C17H19F2N5O/c1-17(2-4-23(9-17)5-3-18)12-8-21-24-14-11(15(20)25)6-10(19)7-13(14)22-16(12)24/h6-8,21H,2-5,9H2,1H3,(H2,20,25). The van der Waals surface area contributed by atoms with E-state index in [1.54, 1.807) is 4.52 Å². The van der Waals surface area contributed by atoms with Crippen LogP contribution >= 0.6 is 0 Å². The van der Waals surface area contributed by atoms with Crippen LogP contribution in [0.2, 0.25) is 0 Å². The third-order valence-electron chi connectivity index (χ3n) is 5.16. The molecule has 0 spiro atoms. The van der Waals surface area contributed by atoms with Gasteiger partial charge in [-0.25, -0.2) is 18.3 Å². The van der Waals surface area contributed by atoms with Crippen molar-refractivity contribution in [2.24, 2.45) is 5.73 Å². The molecule has 4 rings (SSSR count). The number of aromatic nitrogens is 3. The summed E-state index contributed by atoms with van der Waals surface area (Å²) in [7, 11) is 0. The number of hydrogen-bond donors (Lipinski definition) is 2. The zero-order chi connectivity index (χ0) is 17.8. The number of imidazole rings is 1. The number of aromatic amines is 1. The van der Waals surface area contributed by atoms with Crippen LogP contribution in [0.25, 0.3) is 16.7 Å². The lowest BCUT2D eigenvalue weighted by Crippen LogP contribution is -2.29. The second kappa shape index (κ2) is 5.52. The van der Waals surface area contributed by atoms with Crippen molar-refractivity contribution in [1.82, 2.24) is 19.5 Å². The van der Waals surface area contributed by atoms with Gasteiger partial charge in [0, 0.05) is 36.3 Å². The molecule has 6 nitrogen and oxygen atoms in total. The number of nitrogens with two attached hydrogens (primary N) is 1. The number of H-pyrrole nitrogens is 1. The molecule has 1 aliphatic rings. The molecule has 0 radical (unpaired) electrons. The van der Waals surface area contributed by atoms with E-state index >= 15 is 0 Å². The maximum Gasteiger partial charge on any atom is 0.251 e. The van der Waals surface area contributed by atoms with Crippen LogP contribution in [-0.2, 0) is 5.41 Å². The molecule has 0 bridgehead atoms. The van der Waals surface area contributed by atoms with E-state index in [0.717, 1.165) is 31.1 Å². The number of fused-ring (bicyclic) bond motifs is 3. The molecule has 1 aromatic carbocycles. The molecule has 1 saturated heterocycles. The highest BCUT2D eigenvalue weighted by Crippen LogP contribution is 2.37. The van der Waals surface area contributed by atoms with Gasteiger partial charge in [-0.15, -0.1) is 0 Å². The number of hydrogen-bond acceptors (Lipinski definition) is 3. The molecule has 1 atom stereocenters. The maximum atomic E-state index is 13.8. The van der Waals surface area contributed by atoms with Crippen molar-refractivity contribution >= 4 is 22.6 Å². The Morgan fingerprint density at radius 1 is 1.48 bits per heavy atom. The molecule has 132 valence electrons. The summed E-state index contributed by atoms with van der Waals surface area (Å²) in [6.07, 6.45) is 2.73. The number of benzene rings is 1. The van der Waals surface area contributed by atoms with Gasteiger partial charge < -0.3 is 5.73 Å². The Morgan fingerprint density at radius 3 is 3.00 bits per heavy atom. The highest BCUT2D eigenvalue weighted by molar-refractivity contribution is 6.05. The van der Waals surface area contributed by atoms with E-state index < -0.39 is 11.7 Å². The van der Waals surface area contributed by atoms with E-state index in [-0.39, 0.29) is 17.7 Å². The fourth-order valence-electron chi connectivity index (χ4n) is 3.89. The average Bonchev–Trinajstić information content (AvgIpc) is 3.20. The van der Waals surface area contributed by atoms with Gasteiger partial charge in [0.2, 0.25) is 0 Å². The summed E-state index contributed by atoms with van der Waals surface area (Å²) in [5.74, 6) is -1.26. The van der Waals surface area contributed by atoms with E-state index in [1.807, 2.05) is 6.20 Å². The lowest BCUT2D eigenvalue weighted by molar-refractivity contribution is 0.100. The van der Waals surface area contributed by atoms with Crippen LogP contribution < -0.4 is 5.73 Å². The van der Waals surface area contributed by atoms with E-state index in [0.29, 0.717) is 23.2 Å². The van der Waals surface area contributed by atoms with E-state index in [2.05, 4.69) is 21.9 Å². The van der Waals surface area contributed by atoms with Crippen molar-refractivity contribution < 1.29 is 13.6 Å². The Balaban J connectivity index is 1.88. The summed E-state index contributed by atoms with van der Waals surface area (Å²) in [6.45, 7) is 3.71. The lowest BCUT2D eigenvalue weighted by atomic mass is 9.83. The molecule has 3 N–H and O–H groups in total.